The van der Waals surface area contributed by atoms with Gasteiger partial charge in [-0.25, -0.2) is 9.97 Å². The molecule has 0 saturated carbocycles. The lowest BCUT2D eigenvalue weighted by Gasteiger charge is -1.88. The van der Waals surface area contributed by atoms with Gasteiger partial charge in [0.15, 0.2) is 5.65 Å². The van der Waals surface area contributed by atoms with Crippen LogP contribution in [0.4, 0.5) is 0 Å². The van der Waals surface area contributed by atoms with Crippen molar-refractivity contribution in [1.82, 2.24) is 20.2 Å². The largest absolute Gasteiger partial charge is 0.268 e. The van der Waals surface area contributed by atoms with E-state index in [-0.39, 0.29) is 0 Å². The Balaban J connectivity index is 2.96. The Hall–Kier alpha value is -0.490. The van der Waals surface area contributed by atoms with Crippen LogP contribution in [0.3, 0.4) is 0 Å². The molecule has 0 saturated heterocycles. The first-order valence-corrected chi connectivity index (χ1v) is 4.37. The van der Waals surface area contributed by atoms with Gasteiger partial charge in [-0.2, -0.15) is 5.10 Å². The molecule has 0 radical (unpaired) electrons. The van der Waals surface area contributed by atoms with Crippen molar-refractivity contribution < 1.29 is 0 Å². The van der Waals surface area contributed by atoms with E-state index in [9.17, 15) is 0 Å². The molecule has 2 aromatic rings. The normalized spacial score (nSPS) is 10.7. The quantitative estimate of drug-likeness (QED) is 0.748. The predicted molar refractivity (Wildman–Crippen MR) is 47.1 cm³/mol. The van der Waals surface area contributed by atoms with Crippen LogP contribution >= 0.6 is 31.9 Å². The molecular weight excluding hydrogens is 276 g/mol. The van der Waals surface area contributed by atoms with E-state index in [1.54, 1.807) is 0 Å². The summed E-state index contributed by atoms with van der Waals surface area (Å²) in [5, 5.41) is 7.55. The van der Waals surface area contributed by atoms with Crippen molar-refractivity contribution in [2.45, 2.75) is 0 Å². The molecule has 2 heterocycles. The number of nitrogens with zero attached hydrogens (tertiary/aromatic N) is 3. The number of fused-ring (bicyclic) bond motifs is 1. The van der Waals surface area contributed by atoms with Gasteiger partial charge < -0.3 is 0 Å². The summed E-state index contributed by atoms with van der Waals surface area (Å²) in [5.41, 5.74) is 0.652. The maximum Gasteiger partial charge on any atom is 0.186 e. The van der Waals surface area contributed by atoms with E-state index in [0.717, 1.165) is 14.6 Å². The highest BCUT2D eigenvalue weighted by Crippen LogP contribution is 2.24. The Bertz CT molecular complexity index is 396. The highest BCUT2D eigenvalue weighted by atomic mass is 79.9. The molecule has 0 bridgehead atoms. The summed E-state index contributed by atoms with van der Waals surface area (Å²) in [5.74, 6) is 0. The van der Waals surface area contributed by atoms with Crippen LogP contribution in [0.1, 0.15) is 0 Å². The van der Waals surface area contributed by atoms with Crippen molar-refractivity contribution >= 4 is 42.9 Å². The zero-order chi connectivity index (χ0) is 7.84. The van der Waals surface area contributed by atoms with Gasteiger partial charge in [-0.15, -0.1) is 0 Å². The number of halogens is 2. The van der Waals surface area contributed by atoms with Gasteiger partial charge in [0, 0.05) is 0 Å². The summed E-state index contributed by atoms with van der Waals surface area (Å²) >= 11 is 6.58. The van der Waals surface area contributed by atoms with Crippen molar-refractivity contribution in [3.63, 3.8) is 0 Å². The molecule has 0 aliphatic rings. The molecule has 4 nitrogen and oxygen atoms in total. The van der Waals surface area contributed by atoms with Gasteiger partial charge in [0.1, 0.15) is 15.5 Å². The molecule has 0 atom stereocenters. The van der Waals surface area contributed by atoms with E-state index < -0.39 is 0 Å². The number of H-pyrrole nitrogens is 1. The highest BCUT2D eigenvalue weighted by molar-refractivity contribution is 9.11. The fourth-order valence-corrected chi connectivity index (χ4v) is 1.97. The smallest absolute Gasteiger partial charge is 0.186 e. The zero-order valence-electron chi connectivity index (χ0n) is 5.17. The van der Waals surface area contributed by atoms with Crippen molar-refractivity contribution in [3.8, 4) is 0 Å². The number of hydrogen-bond acceptors (Lipinski definition) is 3. The van der Waals surface area contributed by atoms with Crippen LogP contribution in [0.5, 0.6) is 0 Å². The fraction of sp³-hybridized carbons (Fsp3) is 0. The minimum atomic E-state index is 0.652. The number of nitrogens with one attached hydrogen (secondary N) is 1. The van der Waals surface area contributed by atoms with Crippen LogP contribution in [0.15, 0.2) is 15.5 Å². The number of rotatable bonds is 0. The van der Waals surface area contributed by atoms with Crippen LogP contribution in [0.2, 0.25) is 0 Å². The first-order valence-electron chi connectivity index (χ1n) is 2.79. The maximum absolute atomic E-state index is 3.96. The van der Waals surface area contributed by atoms with E-state index in [1.165, 1.54) is 6.33 Å². The molecule has 2 rings (SSSR count). The van der Waals surface area contributed by atoms with Gasteiger partial charge in [-0.3, -0.25) is 5.10 Å². The molecule has 56 valence electrons. The topological polar surface area (TPSA) is 54.5 Å². The average molecular weight is 278 g/mol. The number of aromatic amines is 1. The third-order valence-corrected chi connectivity index (χ3v) is 2.44. The van der Waals surface area contributed by atoms with Crippen molar-refractivity contribution in [3.05, 3.63) is 15.5 Å². The lowest BCUT2D eigenvalue weighted by Crippen LogP contribution is -1.80. The fourth-order valence-electron chi connectivity index (χ4n) is 0.787. The molecule has 0 unspecified atom stereocenters. The van der Waals surface area contributed by atoms with Crippen LogP contribution in [-0.4, -0.2) is 20.2 Å². The average Bonchev–Trinajstić information content (AvgIpc) is 2.34. The number of hydrogen-bond donors (Lipinski definition) is 1. The third kappa shape index (κ3) is 1.06. The van der Waals surface area contributed by atoms with Gasteiger partial charge in [0.05, 0.1) is 5.39 Å². The van der Waals surface area contributed by atoms with Gasteiger partial charge in [0.25, 0.3) is 0 Å². The second-order valence-electron chi connectivity index (χ2n) is 1.90. The zero-order valence-corrected chi connectivity index (χ0v) is 8.35. The van der Waals surface area contributed by atoms with Crippen LogP contribution in [0.25, 0.3) is 11.0 Å². The molecule has 11 heavy (non-hydrogen) atoms. The molecule has 0 aliphatic heterocycles. The molecule has 2 aromatic heterocycles. The lowest BCUT2D eigenvalue weighted by atomic mass is 10.4. The van der Waals surface area contributed by atoms with Gasteiger partial charge in [0.2, 0.25) is 0 Å². The molecule has 0 amide bonds. The third-order valence-electron chi connectivity index (χ3n) is 1.26. The molecule has 0 spiro atoms. The summed E-state index contributed by atoms with van der Waals surface area (Å²) in [6.07, 6.45) is 1.46. The molecule has 0 aromatic carbocycles. The van der Waals surface area contributed by atoms with E-state index in [4.69, 9.17) is 0 Å². The molecule has 1 N–H and O–H groups in total. The number of aromatic nitrogens is 4. The SMILES string of the molecule is Brc1ncnc2n[nH]c(Br)c12. The van der Waals surface area contributed by atoms with Gasteiger partial charge in [-0.05, 0) is 31.9 Å². The van der Waals surface area contributed by atoms with Gasteiger partial charge >= 0.3 is 0 Å². The standard InChI is InChI=1S/C5H2Br2N4/c6-3-2-4(7)10-11-5(2)9-1-8-3/h1H,(H,8,9,10,11). The summed E-state index contributed by atoms with van der Waals surface area (Å²) in [6, 6.07) is 0. The Labute approximate surface area is 78.7 Å². The lowest BCUT2D eigenvalue weighted by molar-refractivity contribution is 1.07. The molecule has 6 heteroatoms. The van der Waals surface area contributed by atoms with Crippen LogP contribution < -0.4 is 0 Å². The second-order valence-corrected chi connectivity index (χ2v) is 3.44. The Morgan fingerprint density at radius 2 is 2.09 bits per heavy atom. The van der Waals surface area contributed by atoms with Crippen LogP contribution in [0, 0.1) is 0 Å². The monoisotopic (exact) mass is 276 g/mol. The molecule has 0 fully saturated rings. The van der Waals surface area contributed by atoms with E-state index in [2.05, 4.69) is 52.0 Å². The first-order chi connectivity index (χ1) is 5.29. The predicted octanol–water partition coefficient (Wildman–Crippen LogP) is 1.88. The Morgan fingerprint density at radius 1 is 1.27 bits per heavy atom. The highest BCUT2D eigenvalue weighted by Gasteiger charge is 2.06. The van der Waals surface area contributed by atoms with Crippen LogP contribution in [-0.2, 0) is 0 Å². The Kier molecular flexibility index (Phi) is 1.65. The molecule has 0 aliphatic carbocycles. The molecular formula is C5H2Br2N4. The maximum atomic E-state index is 3.96. The first kappa shape index (κ1) is 7.17. The minimum absolute atomic E-state index is 0.652. The van der Waals surface area contributed by atoms with Crippen molar-refractivity contribution in [2.75, 3.05) is 0 Å². The summed E-state index contributed by atoms with van der Waals surface area (Å²) in [4.78, 5) is 7.91. The van der Waals surface area contributed by atoms with Crippen molar-refractivity contribution in [2.24, 2.45) is 0 Å². The summed E-state index contributed by atoms with van der Waals surface area (Å²) in [7, 11) is 0. The Morgan fingerprint density at radius 3 is 2.82 bits per heavy atom. The van der Waals surface area contributed by atoms with Gasteiger partial charge in [-0.1, -0.05) is 0 Å². The van der Waals surface area contributed by atoms with E-state index >= 15 is 0 Å². The van der Waals surface area contributed by atoms with E-state index in [1.807, 2.05) is 0 Å². The van der Waals surface area contributed by atoms with Crippen molar-refractivity contribution in [1.29, 1.82) is 0 Å². The second kappa shape index (κ2) is 2.53. The summed E-state index contributed by atoms with van der Waals surface area (Å²) in [6.45, 7) is 0. The summed E-state index contributed by atoms with van der Waals surface area (Å²) < 4.78 is 1.53. The van der Waals surface area contributed by atoms with E-state index in [0.29, 0.717) is 5.65 Å². The minimum Gasteiger partial charge on any atom is -0.268 e.